The molecule has 1 saturated heterocycles. The average molecular weight is 358 g/mol. The van der Waals surface area contributed by atoms with Gasteiger partial charge in [-0.1, -0.05) is 60.7 Å². The van der Waals surface area contributed by atoms with E-state index in [0.29, 0.717) is 19.8 Å². The predicted molar refractivity (Wildman–Crippen MR) is 97.4 cm³/mol. The number of hydrogen-bond acceptors (Lipinski definition) is 5. The zero-order valence-electron chi connectivity index (χ0n) is 15.2. The molecule has 5 nitrogen and oxygen atoms in total. The smallest absolute Gasteiger partial charge is 0.188 e. The number of hydrogen-bond donors (Lipinski definition) is 1. The van der Waals surface area contributed by atoms with Gasteiger partial charge < -0.3 is 24.1 Å². The van der Waals surface area contributed by atoms with Gasteiger partial charge in [-0.25, -0.2) is 0 Å². The highest BCUT2D eigenvalue weighted by molar-refractivity contribution is 5.14. The van der Waals surface area contributed by atoms with Crippen molar-refractivity contribution < 1.29 is 24.1 Å². The van der Waals surface area contributed by atoms with Gasteiger partial charge in [-0.3, -0.25) is 0 Å². The molecule has 0 spiro atoms. The van der Waals surface area contributed by atoms with Gasteiger partial charge in [-0.2, -0.15) is 0 Å². The molecular formula is C21H26O5. The molecule has 4 atom stereocenters. The lowest BCUT2D eigenvalue weighted by molar-refractivity contribution is -0.190. The zero-order valence-corrected chi connectivity index (χ0v) is 15.2. The highest BCUT2D eigenvalue weighted by Crippen LogP contribution is 2.34. The molecule has 0 saturated carbocycles. The van der Waals surface area contributed by atoms with Crippen molar-refractivity contribution in [2.75, 3.05) is 13.7 Å². The van der Waals surface area contributed by atoms with Gasteiger partial charge in [-0.15, -0.1) is 0 Å². The maximum Gasteiger partial charge on any atom is 0.188 e. The van der Waals surface area contributed by atoms with Gasteiger partial charge in [0.2, 0.25) is 0 Å². The van der Waals surface area contributed by atoms with Gasteiger partial charge in [0.25, 0.3) is 0 Å². The highest BCUT2D eigenvalue weighted by Gasteiger charge is 2.54. The Morgan fingerprint density at radius 3 is 2.12 bits per heavy atom. The van der Waals surface area contributed by atoms with Crippen molar-refractivity contribution in [1.29, 1.82) is 0 Å². The summed E-state index contributed by atoms with van der Waals surface area (Å²) >= 11 is 0. The van der Waals surface area contributed by atoms with Crippen LogP contribution in [0.2, 0.25) is 0 Å². The number of rotatable bonds is 8. The molecule has 1 N–H and O–H groups in total. The fourth-order valence-corrected chi connectivity index (χ4v) is 3.20. The Morgan fingerprint density at radius 2 is 1.54 bits per heavy atom. The third kappa shape index (κ3) is 4.50. The molecule has 0 aliphatic carbocycles. The van der Waals surface area contributed by atoms with Crippen molar-refractivity contribution in [2.45, 2.75) is 44.2 Å². The molecule has 1 fully saturated rings. The van der Waals surface area contributed by atoms with Crippen molar-refractivity contribution in [1.82, 2.24) is 0 Å². The van der Waals surface area contributed by atoms with Crippen molar-refractivity contribution in [2.24, 2.45) is 0 Å². The number of aliphatic hydroxyl groups is 1. The second-order valence-electron chi connectivity index (χ2n) is 6.69. The number of methoxy groups -OCH3 is 1. The van der Waals surface area contributed by atoms with E-state index in [1.165, 1.54) is 7.11 Å². The van der Waals surface area contributed by atoms with E-state index in [9.17, 15) is 5.11 Å². The molecule has 5 heteroatoms. The summed E-state index contributed by atoms with van der Waals surface area (Å²) in [6.45, 7) is 2.85. The molecule has 1 aliphatic heterocycles. The van der Waals surface area contributed by atoms with Crippen LogP contribution >= 0.6 is 0 Å². The van der Waals surface area contributed by atoms with Crippen LogP contribution in [0.3, 0.4) is 0 Å². The van der Waals surface area contributed by atoms with Crippen LogP contribution in [0.5, 0.6) is 0 Å². The molecule has 1 heterocycles. The van der Waals surface area contributed by atoms with Gasteiger partial charge in [0, 0.05) is 7.11 Å². The van der Waals surface area contributed by atoms with Crippen LogP contribution in [-0.2, 0) is 32.2 Å². The largest absolute Gasteiger partial charge is 0.382 e. The topological polar surface area (TPSA) is 57.2 Å². The third-order valence-corrected chi connectivity index (χ3v) is 4.57. The van der Waals surface area contributed by atoms with E-state index >= 15 is 0 Å². The van der Waals surface area contributed by atoms with Gasteiger partial charge in [0.1, 0.15) is 17.8 Å². The van der Waals surface area contributed by atoms with Crippen LogP contribution in [-0.4, -0.2) is 42.9 Å². The summed E-state index contributed by atoms with van der Waals surface area (Å²) in [6.07, 6.45) is -1.72. The highest BCUT2D eigenvalue weighted by atomic mass is 16.7. The van der Waals surface area contributed by atoms with Crippen LogP contribution in [0, 0.1) is 0 Å². The Labute approximate surface area is 154 Å². The molecule has 0 bridgehead atoms. The summed E-state index contributed by atoms with van der Waals surface area (Å²) in [7, 11) is 1.51. The van der Waals surface area contributed by atoms with E-state index < -0.39 is 24.1 Å². The molecule has 26 heavy (non-hydrogen) atoms. The predicted octanol–water partition coefficient (Wildman–Crippen LogP) is 2.91. The molecule has 0 radical (unpaired) electrons. The van der Waals surface area contributed by atoms with E-state index in [4.69, 9.17) is 18.9 Å². The summed E-state index contributed by atoms with van der Waals surface area (Å²) in [6, 6.07) is 19.8. The van der Waals surface area contributed by atoms with Crippen molar-refractivity contribution in [3.63, 3.8) is 0 Å². The van der Waals surface area contributed by atoms with E-state index in [1.54, 1.807) is 6.92 Å². The Bertz CT molecular complexity index is 659. The fourth-order valence-electron chi connectivity index (χ4n) is 3.20. The van der Waals surface area contributed by atoms with Crippen molar-refractivity contribution in [3.05, 3.63) is 71.8 Å². The summed E-state index contributed by atoms with van der Waals surface area (Å²) in [5.41, 5.74) is 0.861. The summed E-state index contributed by atoms with van der Waals surface area (Å²) in [5, 5.41) is 10.8. The lowest BCUT2D eigenvalue weighted by Crippen LogP contribution is -2.48. The first kappa shape index (κ1) is 19.0. The molecule has 2 aromatic carbocycles. The summed E-state index contributed by atoms with van der Waals surface area (Å²) in [4.78, 5) is 0. The van der Waals surface area contributed by atoms with Gasteiger partial charge in [-0.05, 0) is 18.1 Å². The van der Waals surface area contributed by atoms with E-state index in [2.05, 4.69) is 0 Å². The van der Waals surface area contributed by atoms with Crippen LogP contribution in [0.4, 0.5) is 0 Å². The van der Waals surface area contributed by atoms with Crippen molar-refractivity contribution >= 4 is 0 Å². The van der Waals surface area contributed by atoms with E-state index in [-0.39, 0.29) is 0 Å². The minimum atomic E-state index is -1.26. The first-order valence-electron chi connectivity index (χ1n) is 8.79. The Morgan fingerprint density at radius 1 is 0.962 bits per heavy atom. The standard InChI is InChI=1S/C21H26O5/c1-21(22)19(25-14-17-11-7-4-8-12-17)18(26-20(21)23-2)15-24-13-16-9-5-3-6-10-16/h3-12,18-20,22H,13-15H2,1-2H3/t18-,19-,20+,21-/m1/s1. The second-order valence-corrected chi connectivity index (χ2v) is 6.69. The minimum absolute atomic E-state index is 0.310. The first-order chi connectivity index (χ1) is 12.6. The molecule has 3 rings (SSSR count). The average Bonchev–Trinajstić information content (AvgIpc) is 2.91. The van der Waals surface area contributed by atoms with Crippen LogP contribution in [0.1, 0.15) is 18.1 Å². The van der Waals surface area contributed by atoms with Gasteiger partial charge >= 0.3 is 0 Å². The molecule has 0 aromatic heterocycles. The fraction of sp³-hybridized carbons (Fsp3) is 0.429. The summed E-state index contributed by atoms with van der Waals surface area (Å²) < 4.78 is 23.0. The van der Waals surface area contributed by atoms with Crippen molar-refractivity contribution in [3.8, 4) is 0 Å². The van der Waals surface area contributed by atoms with Crippen LogP contribution < -0.4 is 0 Å². The lowest BCUT2D eigenvalue weighted by atomic mass is 9.97. The molecular weight excluding hydrogens is 332 g/mol. The molecule has 140 valence electrons. The quantitative estimate of drug-likeness (QED) is 0.786. The Balaban J connectivity index is 1.61. The number of ether oxygens (including phenoxy) is 4. The lowest BCUT2D eigenvalue weighted by Gasteiger charge is -2.29. The maximum absolute atomic E-state index is 10.8. The molecule has 0 unspecified atom stereocenters. The molecule has 0 amide bonds. The minimum Gasteiger partial charge on any atom is -0.382 e. The SMILES string of the molecule is CO[C@H]1O[C@H](COCc2ccccc2)[C@@H](OCc2ccccc2)[C@@]1(C)O. The third-order valence-electron chi connectivity index (χ3n) is 4.57. The van der Waals surface area contributed by atoms with Gasteiger partial charge in [0.15, 0.2) is 6.29 Å². The molecule has 1 aliphatic rings. The van der Waals surface area contributed by atoms with Gasteiger partial charge in [0.05, 0.1) is 19.8 Å². The van der Waals surface area contributed by atoms with E-state index in [0.717, 1.165) is 11.1 Å². The van der Waals surface area contributed by atoms with Crippen LogP contribution in [0.25, 0.3) is 0 Å². The molecule has 2 aromatic rings. The second kappa shape index (κ2) is 8.75. The normalized spacial score (nSPS) is 28.3. The monoisotopic (exact) mass is 358 g/mol. The number of benzene rings is 2. The zero-order chi connectivity index (χ0) is 18.4. The summed E-state index contributed by atoms with van der Waals surface area (Å²) in [5.74, 6) is 0. The first-order valence-corrected chi connectivity index (χ1v) is 8.79. The Kier molecular flexibility index (Phi) is 6.40. The van der Waals surface area contributed by atoms with E-state index in [1.807, 2.05) is 60.7 Å². The van der Waals surface area contributed by atoms with Crippen LogP contribution in [0.15, 0.2) is 60.7 Å². The Hall–Kier alpha value is -1.76. The maximum atomic E-state index is 10.8.